The van der Waals surface area contributed by atoms with Gasteiger partial charge in [0, 0.05) is 11.0 Å². The molecule has 2 rings (SSSR count). The molecule has 2 amide bonds. The topological polar surface area (TPSA) is 49.4 Å². The van der Waals surface area contributed by atoms with Crippen LogP contribution in [0.1, 0.15) is 5.56 Å². The first kappa shape index (κ1) is 11.3. The molecule has 1 aliphatic heterocycles. The Morgan fingerprint density at radius 3 is 2.25 bits per heavy atom. The number of amides is 2. The molecule has 1 aromatic rings. The highest BCUT2D eigenvalue weighted by Gasteiger charge is 2.21. The van der Waals surface area contributed by atoms with E-state index in [4.69, 9.17) is 0 Å². The van der Waals surface area contributed by atoms with Gasteiger partial charge >= 0.3 is 0 Å². The molecular weight excluding hydrogens is 272 g/mol. The third-order valence-electron chi connectivity index (χ3n) is 2.33. The number of nitrogens with zero attached hydrogens (tertiary/aromatic N) is 1. The molecule has 1 aliphatic rings. The van der Waals surface area contributed by atoms with E-state index in [1.807, 2.05) is 29.2 Å². The van der Waals surface area contributed by atoms with Crippen molar-refractivity contribution >= 4 is 27.7 Å². The van der Waals surface area contributed by atoms with Gasteiger partial charge in [0.25, 0.3) is 0 Å². The molecule has 5 heteroatoms. The van der Waals surface area contributed by atoms with E-state index in [1.165, 1.54) is 0 Å². The van der Waals surface area contributed by atoms with Crippen molar-refractivity contribution in [1.82, 2.24) is 10.2 Å². The van der Waals surface area contributed by atoms with Crippen LogP contribution in [0.2, 0.25) is 0 Å². The fraction of sp³-hybridized carbons (Fsp3) is 0.273. The van der Waals surface area contributed by atoms with E-state index in [2.05, 4.69) is 21.2 Å². The second-order valence-electron chi connectivity index (χ2n) is 3.74. The quantitative estimate of drug-likeness (QED) is 0.821. The Labute approximate surface area is 102 Å². The van der Waals surface area contributed by atoms with Crippen LogP contribution in [-0.2, 0) is 16.1 Å². The molecule has 16 heavy (non-hydrogen) atoms. The summed E-state index contributed by atoms with van der Waals surface area (Å²) < 4.78 is 1.02. The van der Waals surface area contributed by atoms with Gasteiger partial charge < -0.3 is 0 Å². The second kappa shape index (κ2) is 4.76. The minimum atomic E-state index is -0.228. The van der Waals surface area contributed by atoms with E-state index < -0.39 is 0 Å². The maximum absolute atomic E-state index is 11.1. The van der Waals surface area contributed by atoms with Crippen molar-refractivity contribution in [3.8, 4) is 0 Å². The fourth-order valence-electron chi connectivity index (χ4n) is 1.66. The zero-order valence-corrected chi connectivity index (χ0v) is 10.2. The minimum Gasteiger partial charge on any atom is -0.294 e. The predicted molar refractivity (Wildman–Crippen MR) is 62.6 cm³/mol. The zero-order valence-electron chi connectivity index (χ0n) is 8.57. The van der Waals surface area contributed by atoms with Crippen LogP contribution in [0.4, 0.5) is 0 Å². The maximum atomic E-state index is 11.1. The Morgan fingerprint density at radius 1 is 1.12 bits per heavy atom. The Kier molecular flexibility index (Phi) is 3.36. The van der Waals surface area contributed by atoms with Crippen LogP contribution in [0.15, 0.2) is 28.7 Å². The number of hydrogen-bond donors (Lipinski definition) is 1. The van der Waals surface area contributed by atoms with E-state index in [9.17, 15) is 9.59 Å². The van der Waals surface area contributed by atoms with E-state index in [-0.39, 0.29) is 24.9 Å². The van der Waals surface area contributed by atoms with Gasteiger partial charge in [0.15, 0.2) is 0 Å². The molecular formula is C11H11BrN2O2. The van der Waals surface area contributed by atoms with E-state index >= 15 is 0 Å². The molecule has 4 nitrogen and oxygen atoms in total. The lowest BCUT2D eigenvalue weighted by molar-refractivity contribution is -0.136. The maximum Gasteiger partial charge on any atom is 0.240 e. The van der Waals surface area contributed by atoms with Crippen molar-refractivity contribution in [2.45, 2.75) is 6.54 Å². The average Bonchev–Trinajstić information content (AvgIpc) is 2.20. The highest BCUT2D eigenvalue weighted by Crippen LogP contribution is 2.12. The monoisotopic (exact) mass is 282 g/mol. The summed E-state index contributed by atoms with van der Waals surface area (Å²) in [6.07, 6.45) is 0. The molecule has 0 saturated carbocycles. The largest absolute Gasteiger partial charge is 0.294 e. The third kappa shape index (κ3) is 2.90. The molecule has 1 saturated heterocycles. The summed E-state index contributed by atoms with van der Waals surface area (Å²) in [6.45, 7) is 1.18. The molecule has 0 spiro atoms. The lowest BCUT2D eigenvalue weighted by Gasteiger charge is -2.25. The molecule has 1 aromatic carbocycles. The molecule has 0 radical (unpaired) electrons. The molecule has 1 heterocycles. The molecule has 1 fully saturated rings. The van der Waals surface area contributed by atoms with E-state index in [1.54, 1.807) is 0 Å². The first-order valence-electron chi connectivity index (χ1n) is 4.93. The number of imide groups is 1. The Balaban J connectivity index is 2.01. The van der Waals surface area contributed by atoms with Crippen LogP contribution in [0.25, 0.3) is 0 Å². The fourth-order valence-corrected chi connectivity index (χ4v) is 1.92. The lowest BCUT2D eigenvalue weighted by Crippen LogP contribution is -2.50. The lowest BCUT2D eigenvalue weighted by atomic mass is 10.2. The summed E-state index contributed by atoms with van der Waals surface area (Å²) in [4.78, 5) is 24.1. The van der Waals surface area contributed by atoms with Gasteiger partial charge in [-0.3, -0.25) is 19.8 Å². The van der Waals surface area contributed by atoms with Crippen LogP contribution >= 0.6 is 15.9 Å². The first-order valence-corrected chi connectivity index (χ1v) is 5.72. The van der Waals surface area contributed by atoms with Crippen LogP contribution in [0.3, 0.4) is 0 Å². The average molecular weight is 283 g/mol. The summed E-state index contributed by atoms with van der Waals surface area (Å²) in [6, 6.07) is 7.84. The highest BCUT2D eigenvalue weighted by atomic mass is 79.9. The number of nitrogens with one attached hydrogen (secondary N) is 1. The van der Waals surface area contributed by atoms with Crippen molar-refractivity contribution < 1.29 is 9.59 Å². The summed E-state index contributed by atoms with van der Waals surface area (Å²) >= 11 is 3.36. The van der Waals surface area contributed by atoms with Gasteiger partial charge in [-0.1, -0.05) is 28.1 Å². The van der Waals surface area contributed by atoms with Crippen LogP contribution < -0.4 is 5.32 Å². The zero-order chi connectivity index (χ0) is 11.5. The van der Waals surface area contributed by atoms with Crippen molar-refractivity contribution in [3.05, 3.63) is 34.3 Å². The number of carbonyl (C=O) groups is 2. The summed E-state index contributed by atoms with van der Waals surface area (Å²) in [5.41, 5.74) is 1.09. The molecule has 1 N–H and O–H groups in total. The number of piperazine rings is 1. The number of benzene rings is 1. The SMILES string of the molecule is O=C1CN(Cc2ccc(Br)cc2)CC(=O)N1. The summed E-state index contributed by atoms with van der Waals surface area (Å²) in [7, 11) is 0. The van der Waals surface area contributed by atoms with E-state index in [0.717, 1.165) is 10.0 Å². The van der Waals surface area contributed by atoms with Gasteiger partial charge in [-0.25, -0.2) is 0 Å². The van der Waals surface area contributed by atoms with Crippen LogP contribution in [0.5, 0.6) is 0 Å². The van der Waals surface area contributed by atoms with Gasteiger partial charge in [0.2, 0.25) is 11.8 Å². The van der Waals surface area contributed by atoms with Crippen LogP contribution in [-0.4, -0.2) is 29.8 Å². The third-order valence-corrected chi connectivity index (χ3v) is 2.86. The second-order valence-corrected chi connectivity index (χ2v) is 4.66. The van der Waals surface area contributed by atoms with Gasteiger partial charge in [0.05, 0.1) is 13.1 Å². The van der Waals surface area contributed by atoms with Gasteiger partial charge in [-0.05, 0) is 17.7 Å². The van der Waals surface area contributed by atoms with Crippen LogP contribution in [0, 0.1) is 0 Å². The smallest absolute Gasteiger partial charge is 0.240 e. The normalized spacial score (nSPS) is 17.3. The molecule has 0 atom stereocenters. The van der Waals surface area contributed by atoms with Gasteiger partial charge in [-0.2, -0.15) is 0 Å². The highest BCUT2D eigenvalue weighted by molar-refractivity contribution is 9.10. The van der Waals surface area contributed by atoms with E-state index in [0.29, 0.717) is 6.54 Å². The molecule has 84 valence electrons. The summed E-state index contributed by atoms with van der Waals surface area (Å²) in [5.74, 6) is -0.457. The molecule has 0 unspecified atom stereocenters. The van der Waals surface area contributed by atoms with Crippen molar-refractivity contribution in [3.63, 3.8) is 0 Å². The molecule has 0 aliphatic carbocycles. The first-order chi connectivity index (χ1) is 7.63. The van der Waals surface area contributed by atoms with Crippen molar-refractivity contribution in [2.75, 3.05) is 13.1 Å². The number of halogens is 1. The van der Waals surface area contributed by atoms with Crippen molar-refractivity contribution in [1.29, 1.82) is 0 Å². The Morgan fingerprint density at radius 2 is 1.69 bits per heavy atom. The van der Waals surface area contributed by atoms with Crippen molar-refractivity contribution in [2.24, 2.45) is 0 Å². The van der Waals surface area contributed by atoms with Gasteiger partial charge in [-0.15, -0.1) is 0 Å². The predicted octanol–water partition coefficient (Wildman–Crippen LogP) is 0.907. The Hall–Kier alpha value is -1.20. The standard InChI is InChI=1S/C11H11BrN2O2/c12-9-3-1-8(2-4-9)5-14-6-10(15)13-11(16)7-14/h1-4H,5-7H2,(H,13,15,16). The molecule has 0 aromatic heterocycles. The number of hydrogen-bond acceptors (Lipinski definition) is 3. The molecule has 0 bridgehead atoms. The minimum absolute atomic E-state index is 0.228. The Bertz CT molecular complexity index is 400. The number of rotatable bonds is 2. The van der Waals surface area contributed by atoms with Gasteiger partial charge in [0.1, 0.15) is 0 Å². The number of carbonyl (C=O) groups excluding carboxylic acids is 2. The summed E-state index contributed by atoms with van der Waals surface area (Å²) in [5, 5.41) is 2.28.